The molecule has 110 valence electrons. The molecular weight excluding hydrogens is 266 g/mol. The third-order valence-corrected chi connectivity index (χ3v) is 3.01. The molecule has 0 heterocycles. The Balaban J connectivity index is 1.82. The maximum atomic E-state index is 11.8. The topological polar surface area (TPSA) is 58.6 Å². The minimum absolute atomic E-state index is 0.0722. The quantitative estimate of drug-likeness (QED) is 0.828. The zero-order valence-electron chi connectivity index (χ0n) is 12.2. The molecule has 0 saturated heterocycles. The molecule has 2 N–H and O–H groups in total. The number of benzene rings is 2. The smallest absolute Gasteiger partial charge is 0.227 e. The van der Waals surface area contributed by atoms with E-state index in [-0.39, 0.29) is 18.1 Å². The van der Waals surface area contributed by atoms with Crippen molar-refractivity contribution >= 4 is 11.6 Å². The van der Waals surface area contributed by atoms with Crippen molar-refractivity contribution < 1.29 is 14.6 Å². The number of hydrogen-bond donors (Lipinski definition) is 2. The van der Waals surface area contributed by atoms with Crippen molar-refractivity contribution in [1.82, 2.24) is 0 Å². The second-order valence-electron chi connectivity index (χ2n) is 4.98. The van der Waals surface area contributed by atoms with Crippen LogP contribution in [0, 0.1) is 13.8 Å². The van der Waals surface area contributed by atoms with E-state index in [1.807, 2.05) is 44.2 Å². The number of carbonyl (C=O) groups is 1. The molecule has 2 aromatic rings. The SMILES string of the molecule is Cc1cccc(OCCC(=O)Nc2ccc(C)cc2O)c1. The number of carbonyl (C=O) groups excluding carboxylic acids is 1. The normalized spacial score (nSPS) is 10.2. The van der Waals surface area contributed by atoms with Crippen LogP contribution in [0.3, 0.4) is 0 Å². The molecule has 2 rings (SSSR count). The van der Waals surface area contributed by atoms with E-state index in [0.29, 0.717) is 12.3 Å². The Kier molecular flexibility index (Phi) is 4.82. The molecule has 0 aliphatic heterocycles. The minimum atomic E-state index is -0.193. The molecule has 0 fully saturated rings. The van der Waals surface area contributed by atoms with Gasteiger partial charge in [-0.05, 0) is 49.2 Å². The van der Waals surface area contributed by atoms with Crippen molar-refractivity contribution in [3.63, 3.8) is 0 Å². The fourth-order valence-electron chi connectivity index (χ4n) is 1.93. The van der Waals surface area contributed by atoms with E-state index in [4.69, 9.17) is 4.74 Å². The van der Waals surface area contributed by atoms with Crippen LogP contribution in [-0.4, -0.2) is 17.6 Å². The van der Waals surface area contributed by atoms with Gasteiger partial charge in [-0.1, -0.05) is 18.2 Å². The summed E-state index contributed by atoms with van der Waals surface area (Å²) in [4.78, 5) is 11.8. The van der Waals surface area contributed by atoms with Crippen LogP contribution in [0.1, 0.15) is 17.5 Å². The lowest BCUT2D eigenvalue weighted by Crippen LogP contribution is -2.15. The van der Waals surface area contributed by atoms with Gasteiger partial charge in [-0.25, -0.2) is 0 Å². The number of phenolic OH excluding ortho intramolecular Hbond substituents is 1. The molecule has 0 spiro atoms. The molecule has 0 aliphatic carbocycles. The third kappa shape index (κ3) is 4.53. The molecule has 0 aromatic heterocycles. The fraction of sp³-hybridized carbons (Fsp3) is 0.235. The molecule has 0 bridgehead atoms. The highest BCUT2D eigenvalue weighted by molar-refractivity contribution is 5.92. The molecular formula is C17H19NO3. The average Bonchev–Trinajstić information content (AvgIpc) is 2.42. The number of rotatable bonds is 5. The highest BCUT2D eigenvalue weighted by atomic mass is 16.5. The lowest BCUT2D eigenvalue weighted by atomic mass is 10.2. The Morgan fingerprint density at radius 2 is 1.90 bits per heavy atom. The van der Waals surface area contributed by atoms with Gasteiger partial charge in [-0.15, -0.1) is 0 Å². The van der Waals surface area contributed by atoms with Gasteiger partial charge in [0.15, 0.2) is 0 Å². The summed E-state index contributed by atoms with van der Waals surface area (Å²) in [7, 11) is 0. The Morgan fingerprint density at radius 1 is 1.14 bits per heavy atom. The second kappa shape index (κ2) is 6.79. The van der Waals surface area contributed by atoms with Gasteiger partial charge < -0.3 is 15.2 Å². The van der Waals surface area contributed by atoms with Crippen LogP contribution >= 0.6 is 0 Å². The van der Waals surface area contributed by atoms with Gasteiger partial charge >= 0.3 is 0 Å². The van der Waals surface area contributed by atoms with E-state index in [1.165, 1.54) is 0 Å². The Hall–Kier alpha value is -2.49. The molecule has 4 nitrogen and oxygen atoms in total. The molecule has 21 heavy (non-hydrogen) atoms. The first-order valence-electron chi connectivity index (χ1n) is 6.83. The van der Waals surface area contributed by atoms with Gasteiger partial charge in [0.1, 0.15) is 11.5 Å². The largest absolute Gasteiger partial charge is 0.506 e. The number of ether oxygens (including phenoxy) is 1. The maximum Gasteiger partial charge on any atom is 0.227 e. The molecule has 0 radical (unpaired) electrons. The first-order chi connectivity index (χ1) is 10.0. The van der Waals surface area contributed by atoms with Crippen molar-refractivity contribution in [2.75, 3.05) is 11.9 Å². The number of nitrogens with one attached hydrogen (secondary N) is 1. The Morgan fingerprint density at radius 3 is 2.62 bits per heavy atom. The highest BCUT2D eigenvalue weighted by Crippen LogP contribution is 2.23. The lowest BCUT2D eigenvalue weighted by Gasteiger charge is -2.09. The molecule has 0 saturated carbocycles. The molecule has 2 aromatic carbocycles. The van der Waals surface area contributed by atoms with E-state index in [2.05, 4.69) is 5.32 Å². The van der Waals surface area contributed by atoms with Gasteiger partial charge in [0.25, 0.3) is 0 Å². The zero-order chi connectivity index (χ0) is 15.2. The monoisotopic (exact) mass is 285 g/mol. The van der Waals surface area contributed by atoms with Gasteiger partial charge in [0.05, 0.1) is 18.7 Å². The van der Waals surface area contributed by atoms with Gasteiger partial charge in [-0.2, -0.15) is 0 Å². The van der Waals surface area contributed by atoms with Crippen LogP contribution in [0.2, 0.25) is 0 Å². The van der Waals surface area contributed by atoms with Crippen molar-refractivity contribution in [2.45, 2.75) is 20.3 Å². The zero-order valence-corrected chi connectivity index (χ0v) is 12.2. The van der Waals surface area contributed by atoms with Crippen molar-refractivity contribution in [1.29, 1.82) is 0 Å². The van der Waals surface area contributed by atoms with Crippen LogP contribution in [0.4, 0.5) is 5.69 Å². The highest BCUT2D eigenvalue weighted by Gasteiger charge is 2.07. The average molecular weight is 285 g/mol. The number of hydrogen-bond acceptors (Lipinski definition) is 3. The molecule has 0 atom stereocenters. The summed E-state index contributed by atoms with van der Waals surface area (Å²) in [5.74, 6) is 0.630. The molecule has 0 unspecified atom stereocenters. The van der Waals surface area contributed by atoms with E-state index >= 15 is 0 Å². The van der Waals surface area contributed by atoms with Crippen LogP contribution in [0.15, 0.2) is 42.5 Å². The predicted octanol–water partition coefficient (Wildman–Crippen LogP) is 3.42. The van der Waals surface area contributed by atoms with Crippen LogP contribution in [-0.2, 0) is 4.79 Å². The summed E-state index contributed by atoms with van der Waals surface area (Å²) in [6.45, 7) is 4.16. The first kappa shape index (κ1) is 14.9. The third-order valence-electron chi connectivity index (χ3n) is 3.01. The lowest BCUT2D eigenvalue weighted by molar-refractivity contribution is -0.116. The Labute approximate surface area is 124 Å². The standard InChI is InChI=1S/C17H19NO3/c1-12-4-3-5-14(10-12)21-9-8-17(20)18-15-7-6-13(2)11-16(15)19/h3-7,10-11,19H,8-9H2,1-2H3,(H,18,20). The van der Waals surface area contributed by atoms with Crippen LogP contribution in [0.5, 0.6) is 11.5 Å². The van der Waals surface area contributed by atoms with Crippen molar-refractivity contribution in [2.24, 2.45) is 0 Å². The summed E-state index contributed by atoms with van der Waals surface area (Å²) in [5.41, 5.74) is 2.47. The Bertz CT molecular complexity index is 638. The van der Waals surface area contributed by atoms with Crippen molar-refractivity contribution in [3.05, 3.63) is 53.6 Å². The summed E-state index contributed by atoms with van der Waals surface area (Å²) >= 11 is 0. The van der Waals surface area contributed by atoms with E-state index in [1.54, 1.807) is 12.1 Å². The number of anilines is 1. The maximum absolute atomic E-state index is 11.8. The summed E-state index contributed by atoms with van der Waals surface area (Å²) < 4.78 is 5.52. The number of amides is 1. The van der Waals surface area contributed by atoms with Gasteiger partial charge in [-0.3, -0.25) is 4.79 Å². The van der Waals surface area contributed by atoms with E-state index in [9.17, 15) is 9.90 Å². The summed E-state index contributed by atoms with van der Waals surface area (Å²) in [6.07, 6.45) is 0.223. The fourth-order valence-corrected chi connectivity index (χ4v) is 1.93. The van der Waals surface area contributed by atoms with E-state index < -0.39 is 0 Å². The van der Waals surface area contributed by atoms with Crippen LogP contribution < -0.4 is 10.1 Å². The number of aryl methyl sites for hydroxylation is 2. The van der Waals surface area contributed by atoms with Crippen molar-refractivity contribution in [3.8, 4) is 11.5 Å². The minimum Gasteiger partial charge on any atom is -0.506 e. The second-order valence-corrected chi connectivity index (χ2v) is 4.98. The first-order valence-corrected chi connectivity index (χ1v) is 6.83. The summed E-state index contributed by atoms with van der Waals surface area (Å²) in [6, 6.07) is 12.8. The number of aromatic hydroxyl groups is 1. The molecule has 1 amide bonds. The van der Waals surface area contributed by atoms with Gasteiger partial charge in [0.2, 0.25) is 5.91 Å². The predicted molar refractivity (Wildman–Crippen MR) is 82.8 cm³/mol. The number of phenols is 1. The van der Waals surface area contributed by atoms with Crippen LogP contribution in [0.25, 0.3) is 0 Å². The summed E-state index contributed by atoms with van der Waals surface area (Å²) in [5, 5.41) is 12.4. The molecule has 4 heteroatoms. The van der Waals surface area contributed by atoms with Gasteiger partial charge in [0, 0.05) is 0 Å². The van der Waals surface area contributed by atoms with E-state index in [0.717, 1.165) is 16.9 Å². The molecule has 0 aliphatic rings.